The number of hydrogen-bond donors (Lipinski definition) is 2. The number of aromatic amines is 1. The molecular weight excluding hydrogens is 252 g/mol. The zero-order valence-corrected chi connectivity index (χ0v) is 11.5. The van der Waals surface area contributed by atoms with Crippen molar-refractivity contribution in [1.82, 2.24) is 14.5 Å². The van der Waals surface area contributed by atoms with Gasteiger partial charge < -0.3 is 9.55 Å². The van der Waals surface area contributed by atoms with E-state index >= 15 is 0 Å². The first kappa shape index (κ1) is 13.0. The predicted octanol–water partition coefficient (Wildman–Crippen LogP) is 2.90. The van der Waals surface area contributed by atoms with Gasteiger partial charge in [-0.15, -0.1) is 0 Å². The number of amides is 1. The Balaban J connectivity index is 1.75. The lowest BCUT2D eigenvalue weighted by molar-refractivity contribution is -0.118. The van der Waals surface area contributed by atoms with Gasteiger partial charge in [0, 0.05) is 24.8 Å². The molecule has 1 amide bonds. The van der Waals surface area contributed by atoms with Crippen LogP contribution in [0.2, 0.25) is 0 Å². The summed E-state index contributed by atoms with van der Waals surface area (Å²) in [6.45, 7) is 0. The summed E-state index contributed by atoms with van der Waals surface area (Å²) < 4.78 is 2.22. The molecule has 0 spiro atoms. The Hall–Kier alpha value is -2.04. The number of aromatic nitrogens is 3. The van der Waals surface area contributed by atoms with Gasteiger partial charge in [-0.1, -0.05) is 19.3 Å². The van der Waals surface area contributed by atoms with E-state index in [0.29, 0.717) is 12.4 Å². The van der Waals surface area contributed by atoms with E-state index in [0.717, 1.165) is 12.8 Å². The van der Waals surface area contributed by atoms with Crippen LogP contribution >= 0.6 is 0 Å². The lowest BCUT2D eigenvalue weighted by Crippen LogP contribution is -2.38. The van der Waals surface area contributed by atoms with Crippen molar-refractivity contribution in [2.45, 2.75) is 44.1 Å². The van der Waals surface area contributed by atoms with Gasteiger partial charge in [-0.25, -0.2) is 4.98 Å². The van der Waals surface area contributed by atoms with E-state index < -0.39 is 0 Å². The van der Waals surface area contributed by atoms with E-state index in [-0.39, 0.29) is 11.4 Å². The first-order valence-corrected chi connectivity index (χ1v) is 7.21. The molecule has 1 fully saturated rings. The zero-order valence-electron chi connectivity index (χ0n) is 11.5. The highest BCUT2D eigenvalue weighted by molar-refractivity contribution is 5.89. The molecule has 0 unspecified atom stereocenters. The molecule has 0 aliphatic heterocycles. The third kappa shape index (κ3) is 2.61. The van der Waals surface area contributed by atoms with Gasteiger partial charge in [0.15, 0.2) is 0 Å². The van der Waals surface area contributed by atoms with Crippen molar-refractivity contribution >= 4 is 11.9 Å². The Bertz CT molecular complexity index is 538. The molecule has 20 heavy (non-hydrogen) atoms. The molecule has 0 saturated heterocycles. The van der Waals surface area contributed by atoms with Gasteiger partial charge >= 0.3 is 0 Å². The smallest absolute Gasteiger partial charge is 0.229 e. The lowest BCUT2D eigenvalue weighted by Gasteiger charge is -2.38. The van der Waals surface area contributed by atoms with Crippen LogP contribution < -0.4 is 5.32 Å². The maximum absolute atomic E-state index is 12.3. The zero-order chi connectivity index (χ0) is 13.8. The molecule has 2 aromatic heterocycles. The fourth-order valence-corrected chi connectivity index (χ4v) is 3.20. The molecule has 1 aliphatic carbocycles. The number of H-pyrrole nitrogens is 1. The quantitative estimate of drug-likeness (QED) is 0.899. The largest absolute Gasteiger partial charge is 0.348 e. The minimum Gasteiger partial charge on any atom is -0.348 e. The minimum atomic E-state index is -0.0710. The van der Waals surface area contributed by atoms with Crippen molar-refractivity contribution in [2.24, 2.45) is 0 Å². The van der Waals surface area contributed by atoms with Crippen molar-refractivity contribution in [2.75, 3.05) is 5.32 Å². The Morgan fingerprint density at radius 2 is 2.05 bits per heavy atom. The summed E-state index contributed by atoms with van der Waals surface area (Å²) in [6, 6.07) is 4.06. The number of anilines is 1. The van der Waals surface area contributed by atoms with E-state index in [1.54, 1.807) is 12.4 Å². The van der Waals surface area contributed by atoms with Gasteiger partial charge in [0.25, 0.3) is 0 Å². The van der Waals surface area contributed by atoms with Crippen LogP contribution in [0.3, 0.4) is 0 Å². The highest BCUT2D eigenvalue weighted by atomic mass is 16.1. The van der Waals surface area contributed by atoms with E-state index in [9.17, 15) is 4.79 Å². The highest BCUT2D eigenvalue weighted by Crippen LogP contribution is 2.38. The van der Waals surface area contributed by atoms with Gasteiger partial charge in [0.1, 0.15) is 0 Å². The van der Waals surface area contributed by atoms with Crippen LogP contribution in [0.25, 0.3) is 0 Å². The van der Waals surface area contributed by atoms with Crippen LogP contribution in [0.1, 0.15) is 38.5 Å². The van der Waals surface area contributed by atoms with Gasteiger partial charge in [-0.2, -0.15) is 0 Å². The molecule has 2 aromatic rings. The standard InChI is InChI=1S/C15H20N4O/c20-13(18-14-16-8-9-17-14)12-15(6-2-1-3-7-15)19-10-4-5-11-19/h4-5,8-11H,1-3,6-7,12H2,(H2,16,17,18,20). The molecule has 5 nitrogen and oxygen atoms in total. The normalized spacial score (nSPS) is 17.8. The van der Waals surface area contributed by atoms with Gasteiger partial charge in [-0.3, -0.25) is 10.1 Å². The molecule has 1 aliphatic rings. The van der Waals surface area contributed by atoms with E-state index in [2.05, 4.69) is 32.2 Å². The summed E-state index contributed by atoms with van der Waals surface area (Å²) in [5.41, 5.74) is -0.0710. The number of carbonyl (C=O) groups excluding carboxylic acids is 1. The molecule has 5 heteroatoms. The average Bonchev–Trinajstić information content (AvgIpc) is 3.12. The number of nitrogens with one attached hydrogen (secondary N) is 2. The Labute approximate surface area is 118 Å². The molecule has 2 N–H and O–H groups in total. The molecule has 0 atom stereocenters. The number of rotatable bonds is 4. The summed E-state index contributed by atoms with van der Waals surface area (Å²) in [7, 11) is 0. The van der Waals surface area contributed by atoms with Crippen LogP contribution in [0.15, 0.2) is 36.9 Å². The summed E-state index contributed by atoms with van der Waals surface area (Å²) in [5.74, 6) is 0.545. The van der Waals surface area contributed by atoms with Crippen molar-refractivity contribution in [3.63, 3.8) is 0 Å². The van der Waals surface area contributed by atoms with Crippen LogP contribution in [-0.4, -0.2) is 20.4 Å². The predicted molar refractivity (Wildman–Crippen MR) is 77.3 cm³/mol. The summed E-state index contributed by atoms with van der Waals surface area (Å²) in [6.07, 6.45) is 13.8. The van der Waals surface area contributed by atoms with Gasteiger partial charge in [-0.05, 0) is 25.0 Å². The second-order valence-corrected chi connectivity index (χ2v) is 5.54. The maximum atomic E-state index is 12.3. The topological polar surface area (TPSA) is 62.7 Å². The second kappa shape index (κ2) is 5.53. The molecule has 1 saturated carbocycles. The SMILES string of the molecule is O=C(CC1(n2cccc2)CCCCC1)Nc1ncc[nH]1. The molecule has 2 heterocycles. The molecule has 0 radical (unpaired) electrons. The number of nitrogens with zero attached hydrogens (tertiary/aromatic N) is 2. The Morgan fingerprint density at radius 3 is 2.70 bits per heavy atom. The van der Waals surface area contributed by atoms with Crippen LogP contribution in [0, 0.1) is 0 Å². The van der Waals surface area contributed by atoms with E-state index in [1.165, 1.54) is 19.3 Å². The lowest BCUT2D eigenvalue weighted by atomic mass is 9.79. The van der Waals surface area contributed by atoms with Crippen molar-refractivity contribution in [3.05, 3.63) is 36.9 Å². The monoisotopic (exact) mass is 272 g/mol. The molecular formula is C15H20N4O. The fourth-order valence-electron chi connectivity index (χ4n) is 3.20. The fraction of sp³-hybridized carbons (Fsp3) is 0.467. The van der Waals surface area contributed by atoms with Crippen molar-refractivity contribution < 1.29 is 4.79 Å². The first-order valence-electron chi connectivity index (χ1n) is 7.21. The number of hydrogen-bond acceptors (Lipinski definition) is 2. The second-order valence-electron chi connectivity index (χ2n) is 5.54. The Kier molecular flexibility index (Phi) is 3.58. The number of imidazole rings is 1. The molecule has 3 rings (SSSR count). The summed E-state index contributed by atoms with van der Waals surface area (Å²) in [4.78, 5) is 19.2. The first-order chi connectivity index (χ1) is 9.78. The van der Waals surface area contributed by atoms with Gasteiger partial charge in [0.05, 0.1) is 12.0 Å². The van der Waals surface area contributed by atoms with E-state index in [4.69, 9.17) is 0 Å². The Morgan fingerprint density at radius 1 is 1.30 bits per heavy atom. The van der Waals surface area contributed by atoms with E-state index in [1.807, 2.05) is 12.1 Å². The molecule has 0 aromatic carbocycles. The van der Waals surface area contributed by atoms with Gasteiger partial charge in [0.2, 0.25) is 11.9 Å². The average molecular weight is 272 g/mol. The maximum Gasteiger partial charge on any atom is 0.229 e. The highest BCUT2D eigenvalue weighted by Gasteiger charge is 2.35. The summed E-state index contributed by atoms with van der Waals surface area (Å²) >= 11 is 0. The third-order valence-electron chi connectivity index (χ3n) is 4.18. The van der Waals surface area contributed by atoms with Crippen molar-refractivity contribution in [3.8, 4) is 0 Å². The number of carbonyl (C=O) groups is 1. The summed E-state index contributed by atoms with van der Waals surface area (Å²) in [5, 5.41) is 2.84. The van der Waals surface area contributed by atoms with Crippen LogP contribution in [0.5, 0.6) is 0 Å². The molecule has 0 bridgehead atoms. The van der Waals surface area contributed by atoms with Crippen LogP contribution in [0.4, 0.5) is 5.95 Å². The van der Waals surface area contributed by atoms with Crippen LogP contribution in [-0.2, 0) is 10.3 Å². The van der Waals surface area contributed by atoms with Crippen molar-refractivity contribution in [1.29, 1.82) is 0 Å². The third-order valence-corrected chi connectivity index (χ3v) is 4.18. The minimum absolute atomic E-state index is 0.0237. The molecule has 106 valence electrons.